The third kappa shape index (κ3) is 2.08. The van der Waals surface area contributed by atoms with E-state index in [2.05, 4.69) is 10.3 Å². The molecule has 0 saturated carbocycles. The van der Waals surface area contributed by atoms with Crippen molar-refractivity contribution in [3.63, 3.8) is 0 Å². The van der Waals surface area contributed by atoms with Gasteiger partial charge in [0.1, 0.15) is 5.82 Å². The Bertz CT molecular complexity index is 406. The molecule has 2 heterocycles. The van der Waals surface area contributed by atoms with E-state index < -0.39 is 10.7 Å². The van der Waals surface area contributed by atoms with Crippen LogP contribution < -0.4 is 10.2 Å². The number of piperazine rings is 1. The van der Waals surface area contributed by atoms with Gasteiger partial charge in [-0.05, 0) is 0 Å². The third-order valence-corrected chi connectivity index (χ3v) is 2.43. The number of nitrogens with one attached hydrogen (secondary N) is 1. The van der Waals surface area contributed by atoms with E-state index in [0.29, 0.717) is 13.1 Å². The summed E-state index contributed by atoms with van der Waals surface area (Å²) in [5, 5.41) is 13.9. The Hall–Kier alpha value is -1.76. The predicted octanol–water partition coefficient (Wildman–Crippen LogP) is 0.538. The minimum atomic E-state index is -0.689. The first-order valence-electron chi connectivity index (χ1n) is 4.94. The molecule has 0 unspecified atom stereocenters. The molecule has 0 atom stereocenters. The molecule has 6 nitrogen and oxygen atoms in total. The van der Waals surface area contributed by atoms with Crippen molar-refractivity contribution in [2.24, 2.45) is 0 Å². The van der Waals surface area contributed by atoms with Gasteiger partial charge in [0.25, 0.3) is 0 Å². The quantitative estimate of drug-likeness (QED) is 0.588. The van der Waals surface area contributed by atoms with Gasteiger partial charge < -0.3 is 10.2 Å². The smallest absolute Gasteiger partial charge is 0.314 e. The van der Waals surface area contributed by atoms with Crippen LogP contribution in [0.3, 0.4) is 0 Å². The zero-order valence-corrected chi connectivity index (χ0v) is 8.52. The summed E-state index contributed by atoms with van der Waals surface area (Å²) in [4.78, 5) is 15.8. The lowest BCUT2D eigenvalue weighted by atomic mass is 10.3. The van der Waals surface area contributed by atoms with E-state index in [1.807, 2.05) is 0 Å². The summed E-state index contributed by atoms with van der Waals surface area (Å²) in [5.74, 6) is -0.446. The Labute approximate surface area is 91.2 Å². The van der Waals surface area contributed by atoms with Gasteiger partial charge in [-0.3, -0.25) is 10.1 Å². The van der Waals surface area contributed by atoms with Crippen LogP contribution in [0, 0.1) is 15.9 Å². The molecular weight excluding hydrogens is 215 g/mol. The van der Waals surface area contributed by atoms with E-state index in [4.69, 9.17) is 0 Å². The molecule has 0 aromatic carbocycles. The number of halogens is 1. The molecule has 16 heavy (non-hydrogen) atoms. The molecule has 1 aliphatic heterocycles. The molecule has 1 fully saturated rings. The minimum absolute atomic E-state index is 0.243. The van der Waals surface area contributed by atoms with Crippen molar-refractivity contribution in [1.82, 2.24) is 10.3 Å². The first kappa shape index (κ1) is 10.7. The van der Waals surface area contributed by atoms with E-state index in [9.17, 15) is 14.5 Å². The average Bonchev–Trinajstić information content (AvgIpc) is 2.30. The van der Waals surface area contributed by atoms with Gasteiger partial charge in [0.05, 0.1) is 17.2 Å². The maximum Gasteiger partial charge on any atom is 0.314 e. The van der Waals surface area contributed by atoms with Crippen molar-refractivity contribution < 1.29 is 9.31 Å². The van der Waals surface area contributed by atoms with Gasteiger partial charge in [0.2, 0.25) is 5.82 Å². The number of hydrogen-bond acceptors (Lipinski definition) is 5. The molecule has 1 aromatic heterocycles. The normalized spacial score (nSPS) is 16.2. The molecule has 0 radical (unpaired) electrons. The van der Waals surface area contributed by atoms with Crippen LogP contribution in [0.25, 0.3) is 0 Å². The fraction of sp³-hybridized carbons (Fsp3) is 0.444. The van der Waals surface area contributed by atoms with Crippen LogP contribution in [0.4, 0.5) is 15.9 Å². The van der Waals surface area contributed by atoms with Crippen LogP contribution in [-0.2, 0) is 0 Å². The Morgan fingerprint density at radius 3 is 2.81 bits per heavy atom. The Morgan fingerprint density at radius 2 is 2.19 bits per heavy atom. The lowest BCUT2D eigenvalue weighted by Crippen LogP contribution is -2.44. The van der Waals surface area contributed by atoms with Crippen LogP contribution in [-0.4, -0.2) is 36.1 Å². The minimum Gasteiger partial charge on any atom is -0.348 e. The van der Waals surface area contributed by atoms with Crippen molar-refractivity contribution in [1.29, 1.82) is 0 Å². The van der Waals surface area contributed by atoms with Crippen molar-refractivity contribution in [2.45, 2.75) is 0 Å². The maximum atomic E-state index is 12.9. The third-order valence-electron chi connectivity index (χ3n) is 2.43. The zero-order valence-electron chi connectivity index (χ0n) is 8.52. The molecule has 0 spiro atoms. The lowest BCUT2D eigenvalue weighted by molar-refractivity contribution is -0.384. The van der Waals surface area contributed by atoms with Crippen LogP contribution in [0.5, 0.6) is 0 Å². The van der Waals surface area contributed by atoms with Gasteiger partial charge in [0.15, 0.2) is 0 Å². The fourth-order valence-corrected chi connectivity index (χ4v) is 1.68. The van der Waals surface area contributed by atoms with E-state index in [-0.39, 0.29) is 11.5 Å². The fourth-order valence-electron chi connectivity index (χ4n) is 1.68. The van der Waals surface area contributed by atoms with Crippen LogP contribution in [0.15, 0.2) is 12.3 Å². The molecule has 2 rings (SSSR count). The largest absolute Gasteiger partial charge is 0.348 e. The highest BCUT2D eigenvalue weighted by Gasteiger charge is 2.23. The molecule has 1 N–H and O–H groups in total. The number of nitrogens with zero attached hydrogens (tertiary/aromatic N) is 3. The average molecular weight is 226 g/mol. The summed E-state index contributed by atoms with van der Waals surface area (Å²) < 4.78 is 12.9. The molecule has 1 saturated heterocycles. The topological polar surface area (TPSA) is 71.3 Å². The van der Waals surface area contributed by atoms with Crippen LogP contribution in [0.1, 0.15) is 0 Å². The number of pyridine rings is 1. The van der Waals surface area contributed by atoms with Crippen LogP contribution >= 0.6 is 0 Å². The second kappa shape index (κ2) is 4.40. The van der Waals surface area contributed by atoms with Crippen molar-refractivity contribution >= 4 is 11.5 Å². The SMILES string of the molecule is O=[N+]([O-])c1cc(F)cnc1N1CCNCC1. The molecule has 0 aliphatic carbocycles. The first-order chi connectivity index (χ1) is 7.68. The highest BCUT2D eigenvalue weighted by Crippen LogP contribution is 2.26. The number of hydrogen-bond donors (Lipinski definition) is 1. The van der Waals surface area contributed by atoms with Gasteiger partial charge >= 0.3 is 5.69 Å². The van der Waals surface area contributed by atoms with Crippen molar-refractivity contribution in [2.75, 3.05) is 31.1 Å². The first-order valence-corrected chi connectivity index (χ1v) is 4.94. The summed E-state index contributed by atoms with van der Waals surface area (Å²) in [6, 6.07) is 0.907. The zero-order chi connectivity index (χ0) is 11.5. The second-order valence-corrected chi connectivity index (χ2v) is 3.49. The standard InChI is InChI=1S/C9H11FN4O2/c10-7-5-8(14(15)16)9(12-6-7)13-3-1-11-2-4-13/h5-6,11H,1-4H2. The van der Waals surface area contributed by atoms with Gasteiger partial charge in [-0.25, -0.2) is 9.37 Å². The number of anilines is 1. The van der Waals surface area contributed by atoms with Crippen molar-refractivity contribution in [3.05, 3.63) is 28.2 Å². The monoisotopic (exact) mass is 226 g/mol. The molecule has 7 heteroatoms. The highest BCUT2D eigenvalue weighted by molar-refractivity contribution is 5.57. The van der Waals surface area contributed by atoms with E-state index in [1.165, 1.54) is 0 Å². The molecule has 0 bridgehead atoms. The predicted molar refractivity (Wildman–Crippen MR) is 55.9 cm³/mol. The van der Waals surface area contributed by atoms with Gasteiger partial charge in [0, 0.05) is 26.2 Å². The Morgan fingerprint density at radius 1 is 1.50 bits per heavy atom. The summed E-state index contributed by atoms with van der Waals surface area (Å²) in [6.07, 6.45) is 1.00. The second-order valence-electron chi connectivity index (χ2n) is 3.49. The summed E-state index contributed by atoms with van der Waals surface area (Å²) >= 11 is 0. The number of nitro groups is 1. The maximum absolute atomic E-state index is 12.9. The van der Waals surface area contributed by atoms with Gasteiger partial charge in [-0.2, -0.15) is 0 Å². The molecule has 86 valence electrons. The summed E-state index contributed by atoms with van der Waals surface area (Å²) in [7, 11) is 0. The number of aromatic nitrogens is 1. The molecular formula is C9H11FN4O2. The highest BCUT2D eigenvalue weighted by atomic mass is 19.1. The Balaban J connectivity index is 2.34. The molecule has 1 aliphatic rings. The lowest BCUT2D eigenvalue weighted by Gasteiger charge is -2.27. The van der Waals surface area contributed by atoms with Gasteiger partial charge in [-0.1, -0.05) is 0 Å². The van der Waals surface area contributed by atoms with E-state index in [0.717, 1.165) is 25.4 Å². The number of rotatable bonds is 2. The van der Waals surface area contributed by atoms with E-state index in [1.54, 1.807) is 4.90 Å². The van der Waals surface area contributed by atoms with Gasteiger partial charge in [-0.15, -0.1) is 0 Å². The van der Waals surface area contributed by atoms with Crippen LogP contribution in [0.2, 0.25) is 0 Å². The molecule has 1 aromatic rings. The summed E-state index contributed by atoms with van der Waals surface area (Å²) in [5.41, 5.74) is -0.276. The van der Waals surface area contributed by atoms with E-state index >= 15 is 0 Å². The Kier molecular flexibility index (Phi) is 2.95. The summed E-state index contributed by atoms with van der Waals surface area (Å²) in [6.45, 7) is 2.77. The van der Waals surface area contributed by atoms with Crippen molar-refractivity contribution in [3.8, 4) is 0 Å². The molecule has 0 amide bonds.